The lowest BCUT2D eigenvalue weighted by Crippen LogP contribution is -2.19. The maximum absolute atomic E-state index is 10.8. The first-order chi connectivity index (χ1) is 8.28. The average molecular weight is 266 g/mol. The molecule has 0 radical (unpaired) electrons. The van der Waals surface area contributed by atoms with Crippen LogP contribution in [0.5, 0.6) is 0 Å². The molecular formula is C15H22O2S. The van der Waals surface area contributed by atoms with Crippen LogP contribution in [-0.4, -0.2) is 16.3 Å². The Morgan fingerprint density at radius 2 is 1.83 bits per heavy atom. The fourth-order valence-corrected chi connectivity index (χ4v) is 2.82. The summed E-state index contributed by atoms with van der Waals surface area (Å²) >= 11 is 1.84. The van der Waals surface area contributed by atoms with Gasteiger partial charge in [0.05, 0.1) is 6.42 Å². The van der Waals surface area contributed by atoms with Gasteiger partial charge in [0.25, 0.3) is 0 Å². The van der Waals surface area contributed by atoms with Crippen LogP contribution in [-0.2, 0) is 11.2 Å². The Kier molecular flexibility index (Phi) is 5.27. The molecule has 0 fully saturated rings. The quantitative estimate of drug-likeness (QED) is 0.783. The molecule has 0 aliphatic carbocycles. The van der Waals surface area contributed by atoms with Gasteiger partial charge in [-0.15, -0.1) is 11.8 Å². The SMILES string of the molecule is CC(C)Sc1ccc(CC(C)(C)CC(=O)O)cc1. The third kappa shape index (κ3) is 5.58. The van der Waals surface area contributed by atoms with Gasteiger partial charge in [-0.1, -0.05) is 39.8 Å². The summed E-state index contributed by atoms with van der Waals surface area (Å²) in [6.07, 6.45) is 1.00. The van der Waals surface area contributed by atoms with Gasteiger partial charge in [-0.3, -0.25) is 4.79 Å². The van der Waals surface area contributed by atoms with E-state index in [-0.39, 0.29) is 11.8 Å². The van der Waals surface area contributed by atoms with Gasteiger partial charge in [0.2, 0.25) is 0 Å². The van der Waals surface area contributed by atoms with Gasteiger partial charge in [-0.05, 0) is 29.5 Å². The van der Waals surface area contributed by atoms with Crippen molar-refractivity contribution in [3.63, 3.8) is 0 Å². The van der Waals surface area contributed by atoms with E-state index in [4.69, 9.17) is 5.11 Å². The van der Waals surface area contributed by atoms with E-state index in [2.05, 4.69) is 38.1 Å². The van der Waals surface area contributed by atoms with Crippen LogP contribution in [0.2, 0.25) is 0 Å². The van der Waals surface area contributed by atoms with Crippen LogP contribution in [0.4, 0.5) is 0 Å². The van der Waals surface area contributed by atoms with Crippen LogP contribution in [0, 0.1) is 5.41 Å². The van der Waals surface area contributed by atoms with Gasteiger partial charge in [0.15, 0.2) is 0 Å². The predicted molar refractivity (Wildman–Crippen MR) is 77.2 cm³/mol. The number of benzene rings is 1. The first-order valence-electron chi connectivity index (χ1n) is 6.26. The molecule has 0 bridgehead atoms. The van der Waals surface area contributed by atoms with E-state index in [0.717, 1.165) is 6.42 Å². The summed E-state index contributed by atoms with van der Waals surface area (Å²) in [5.74, 6) is -0.730. The highest BCUT2D eigenvalue weighted by Gasteiger charge is 2.22. The first kappa shape index (κ1) is 15.1. The average Bonchev–Trinajstić information content (AvgIpc) is 2.17. The molecule has 0 saturated heterocycles. The zero-order chi connectivity index (χ0) is 13.8. The molecule has 0 spiro atoms. The zero-order valence-corrected chi connectivity index (χ0v) is 12.4. The predicted octanol–water partition coefficient (Wildman–Crippen LogP) is 4.23. The normalized spacial score (nSPS) is 11.8. The highest BCUT2D eigenvalue weighted by atomic mass is 32.2. The largest absolute Gasteiger partial charge is 0.481 e. The van der Waals surface area contributed by atoms with E-state index in [1.165, 1.54) is 10.5 Å². The maximum atomic E-state index is 10.8. The highest BCUT2D eigenvalue weighted by molar-refractivity contribution is 7.99. The van der Waals surface area contributed by atoms with Crippen molar-refractivity contribution in [3.8, 4) is 0 Å². The monoisotopic (exact) mass is 266 g/mol. The van der Waals surface area contributed by atoms with E-state index >= 15 is 0 Å². The molecule has 2 nitrogen and oxygen atoms in total. The maximum Gasteiger partial charge on any atom is 0.303 e. The van der Waals surface area contributed by atoms with E-state index < -0.39 is 5.97 Å². The number of aliphatic carboxylic acids is 1. The molecule has 18 heavy (non-hydrogen) atoms. The second kappa shape index (κ2) is 6.28. The lowest BCUT2D eigenvalue weighted by molar-refractivity contribution is -0.139. The Bertz CT molecular complexity index is 393. The fourth-order valence-electron chi connectivity index (χ4n) is 1.98. The molecule has 1 aromatic carbocycles. The summed E-state index contributed by atoms with van der Waals surface area (Å²) in [6.45, 7) is 8.35. The summed E-state index contributed by atoms with van der Waals surface area (Å²) in [6, 6.07) is 8.45. The molecule has 1 aromatic rings. The minimum Gasteiger partial charge on any atom is -0.481 e. The summed E-state index contributed by atoms with van der Waals surface area (Å²) < 4.78 is 0. The van der Waals surface area contributed by atoms with Crippen molar-refractivity contribution >= 4 is 17.7 Å². The van der Waals surface area contributed by atoms with Crippen molar-refractivity contribution in [2.75, 3.05) is 0 Å². The summed E-state index contributed by atoms with van der Waals surface area (Å²) in [4.78, 5) is 12.0. The Morgan fingerprint density at radius 3 is 2.28 bits per heavy atom. The standard InChI is InChI=1S/C15H22O2S/c1-11(2)18-13-7-5-12(6-8-13)9-15(3,4)10-14(16)17/h5-8,11H,9-10H2,1-4H3,(H,16,17). The molecule has 0 saturated carbocycles. The van der Waals surface area contributed by atoms with Gasteiger partial charge in [0.1, 0.15) is 0 Å². The summed E-state index contributed by atoms with van der Waals surface area (Å²) in [5.41, 5.74) is 1.01. The Morgan fingerprint density at radius 1 is 1.28 bits per heavy atom. The van der Waals surface area contributed by atoms with Crippen LogP contribution < -0.4 is 0 Å². The van der Waals surface area contributed by atoms with Gasteiger partial charge >= 0.3 is 5.97 Å². The van der Waals surface area contributed by atoms with Crippen LogP contribution in [0.15, 0.2) is 29.2 Å². The van der Waals surface area contributed by atoms with E-state index in [0.29, 0.717) is 5.25 Å². The molecular weight excluding hydrogens is 244 g/mol. The van der Waals surface area contributed by atoms with Crippen LogP contribution in [0.1, 0.15) is 39.7 Å². The Balaban J connectivity index is 2.65. The Hall–Kier alpha value is -0.960. The molecule has 0 aliphatic rings. The molecule has 0 aliphatic heterocycles. The number of carbonyl (C=O) groups is 1. The number of carboxylic acids is 1. The van der Waals surface area contributed by atoms with E-state index in [9.17, 15) is 4.79 Å². The van der Waals surface area contributed by atoms with Crippen LogP contribution in [0.25, 0.3) is 0 Å². The van der Waals surface area contributed by atoms with E-state index in [1.54, 1.807) is 0 Å². The molecule has 100 valence electrons. The van der Waals surface area contributed by atoms with Gasteiger partial charge in [-0.2, -0.15) is 0 Å². The second-order valence-electron chi connectivity index (χ2n) is 5.72. The summed E-state index contributed by atoms with van der Waals surface area (Å²) in [7, 11) is 0. The topological polar surface area (TPSA) is 37.3 Å². The smallest absolute Gasteiger partial charge is 0.303 e. The second-order valence-corrected chi connectivity index (χ2v) is 7.37. The van der Waals surface area contributed by atoms with Crippen molar-refractivity contribution in [1.82, 2.24) is 0 Å². The number of rotatable bonds is 6. The van der Waals surface area contributed by atoms with Gasteiger partial charge < -0.3 is 5.11 Å². The molecule has 0 unspecified atom stereocenters. The molecule has 1 N–H and O–H groups in total. The number of carboxylic acid groups (broad SMARTS) is 1. The molecule has 0 heterocycles. The van der Waals surface area contributed by atoms with Crippen molar-refractivity contribution in [2.45, 2.75) is 50.7 Å². The van der Waals surface area contributed by atoms with Crippen molar-refractivity contribution < 1.29 is 9.90 Å². The third-order valence-corrected chi connectivity index (χ3v) is 3.62. The molecule has 0 atom stereocenters. The lowest BCUT2D eigenvalue weighted by Gasteiger charge is -2.22. The number of thioether (sulfide) groups is 1. The third-order valence-electron chi connectivity index (χ3n) is 2.61. The molecule has 3 heteroatoms. The first-order valence-corrected chi connectivity index (χ1v) is 7.14. The minimum atomic E-state index is -0.730. The molecule has 0 aromatic heterocycles. The molecule has 0 amide bonds. The van der Waals surface area contributed by atoms with Crippen molar-refractivity contribution in [3.05, 3.63) is 29.8 Å². The van der Waals surface area contributed by atoms with Crippen LogP contribution in [0.3, 0.4) is 0 Å². The highest BCUT2D eigenvalue weighted by Crippen LogP contribution is 2.28. The van der Waals surface area contributed by atoms with Crippen molar-refractivity contribution in [2.24, 2.45) is 5.41 Å². The van der Waals surface area contributed by atoms with Gasteiger partial charge in [0, 0.05) is 10.1 Å². The van der Waals surface area contributed by atoms with Gasteiger partial charge in [-0.25, -0.2) is 0 Å². The number of hydrogen-bond acceptors (Lipinski definition) is 2. The zero-order valence-electron chi connectivity index (χ0n) is 11.6. The molecule has 1 rings (SSSR count). The minimum absolute atomic E-state index is 0.196. The van der Waals surface area contributed by atoms with Crippen LogP contribution >= 0.6 is 11.8 Å². The fraction of sp³-hybridized carbons (Fsp3) is 0.533. The lowest BCUT2D eigenvalue weighted by atomic mass is 9.83. The Labute approximate surface area is 114 Å². The van der Waals surface area contributed by atoms with Crippen molar-refractivity contribution in [1.29, 1.82) is 0 Å². The summed E-state index contributed by atoms with van der Waals surface area (Å²) in [5, 5.41) is 9.45. The van der Waals surface area contributed by atoms with E-state index in [1.807, 2.05) is 25.6 Å². The number of hydrogen-bond donors (Lipinski definition) is 1.